The van der Waals surface area contributed by atoms with E-state index in [0.717, 1.165) is 0 Å². The number of rotatable bonds is 3. The highest BCUT2D eigenvalue weighted by atomic mass is 35.5. The number of fused-ring (bicyclic) bond motifs is 1. The van der Waals surface area contributed by atoms with E-state index in [1.807, 2.05) is 6.07 Å². The van der Waals surface area contributed by atoms with Crippen LogP contribution in [0, 0.1) is 17.2 Å². The van der Waals surface area contributed by atoms with Gasteiger partial charge in [-0.3, -0.25) is 0 Å². The van der Waals surface area contributed by atoms with Gasteiger partial charge in [-0.05, 0) is 18.2 Å². The Morgan fingerprint density at radius 1 is 1.33 bits per heavy atom. The molecular weight excluding hydrogens is 316 g/mol. The van der Waals surface area contributed by atoms with Gasteiger partial charge in [-0.15, -0.1) is 0 Å². The van der Waals surface area contributed by atoms with E-state index in [1.54, 1.807) is 0 Å². The van der Waals surface area contributed by atoms with Crippen LogP contribution in [0.25, 0.3) is 0 Å². The molecule has 0 unspecified atom stereocenters. The van der Waals surface area contributed by atoms with E-state index in [9.17, 15) is 8.42 Å². The van der Waals surface area contributed by atoms with Crippen LogP contribution in [0.4, 0.5) is 0 Å². The van der Waals surface area contributed by atoms with Gasteiger partial charge < -0.3 is 9.47 Å². The molecule has 2 heterocycles. The molecule has 2 saturated heterocycles. The number of nitrogens with one attached hydrogen (secondary N) is 1. The Kier molecular flexibility index (Phi) is 3.90. The van der Waals surface area contributed by atoms with Gasteiger partial charge in [0.2, 0.25) is 10.0 Å². The van der Waals surface area contributed by atoms with E-state index in [1.165, 1.54) is 18.2 Å². The quantitative estimate of drug-likeness (QED) is 0.890. The number of hydrogen-bond donors (Lipinski definition) is 1. The molecule has 0 amide bonds. The van der Waals surface area contributed by atoms with Gasteiger partial charge in [0.1, 0.15) is 6.07 Å². The summed E-state index contributed by atoms with van der Waals surface area (Å²) in [7, 11) is -3.81. The van der Waals surface area contributed by atoms with E-state index in [-0.39, 0.29) is 28.5 Å². The van der Waals surface area contributed by atoms with Crippen LogP contribution in [0.15, 0.2) is 23.1 Å². The van der Waals surface area contributed by atoms with Crippen LogP contribution in [-0.2, 0) is 19.5 Å². The second kappa shape index (κ2) is 5.55. The molecule has 3 atom stereocenters. The summed E-state index contributed by atoms with van der Waals surface area (Å²) in [6, 6.07) is 5.63. The average molecular weight is 329 g/mol. The molecule has 0 aliphatic carbocycles. The first-order chi connectivity index (χ1) is 10.0. The lowest BCUT2D eigenvalue weighted by atomic mass is 10.0. The van der Waals surface area contributed by atoms with Crippen molar-refractivity contribution >= 4 is 21.6 Å². The van der Waals surface area contributed by atoms with Crippen LogP contribution in [0.1, 0.15) is 5.56 Å². The van der Waals surface area contributed by atoms with Crippen molar-refractivity contribution in [2.24, 2.45) is 5.92 Å². The van der Waals surface area contributed by atoms with Crippen LogP contribution in [0.3, 0.4) is 0 Å². The molecule has 2 aliphatic heterocycles. The van der Waals surface area contributed by atoms with Crippen molar-refractivity contribution in [3.63, 3.8) is 0 Å². The Hall–Kier alpha value is -1.17. The Morgan fingerprint density at radius 2 is 2.14 bits per heavy atom. The minimum absolute atomic E-state index is 0.0117. The lowest BCUT2D eigenvalue weighted by Gasteiger charge is -2.17. The number of halogens is 1. The fourth-order valence-electron chi connectivity index (χ4n) is 2.66. The molecule has 6 nitrogen and oxygen atoms in total. The standard InChI is InChI=1S/C13H13ClN2O4S/c14-9-1-2-13(8(3-9)4-15)21(17,18)16-11-6-20-12-7-19-5-10(11)12/h1-3,10-12,16H,5-7H2/t10-,11+,12-/m0/s1. The molecule has 8 heteroatoms. The van der Waals surface area contributed by atoms with Gasteiger partial charge in [0, 0.05) is 10.9 Å². The number of sulfonamides is 1. The zero-order valence-electron chi connectivity index (χ0n) is 11.0. The van der Waals surface area contributed by atoms with Gasteiger partial charge in [-0.1, -0.05) is 11.6 Å². The summed E-state index contributed by atoms with van der Waals surface area (Å²) in [5.74, 6) is 0.0117. The lowest BCUT2D eigenvalue weighted by molar-refractivity contribution is 0.0683. The molecule has 0 bridgehead atoms. The molecule has 0 spiro atoms. The van der Waals surface area contributed by atoms with Crippen molar-refractivity contribution in [2.45, 2.75) is 17.0 Å². The predicted molar refractivity (Wildman–Crippen MR) is 74.3 cm³/mol. The first-order valence-corrected chi connectivity index (χ1v) is 8.29. The Labute approximate surface area is 127 Å². The summed E-state index contributed by atoms with van der Waals surface area (Å²) >= 11 is 5.79. The molecule has 1 aromatic rings. The van der Waals surface area contributed by atoms with E-state index in [4.69, 9.17) is 26.3 Å². The van der Waals surface area contributed by atoms with Gasteiger partial charge >= 0.3 is 0 Å². The van der Waals surface area contributed by atoms with Gasteiger partial charge in [0.15, 0.2) is 0 Å². The average Bonchev–Trinajstić information content (AvgIpc) is 3.03. The monoisotopic (exact) mass is 328 g/mol. The van der Waals surface area contributed by atoms with Gasteiger partial charge in [-0.25, -0.2) is 13.1 Å². The van der Waals surface area contributed by atoms with Gasteiger partial charge in [0.05, 0.1) is 42.4 Å². The highest BCUT2D eigenvalue weighted by Gasteiger charge is 2.43. The number of hydrogen-bond acceptors (Lipinski definition) is 5. The Balaban J connectivity index is 1.86. The van der Waals surface area contributed by atoms with Gasteiger partial charge in [-0.2, -0.15) is 5.26 Å². The Bertz CT molecular complexity index is 701. The zero-order chi connectivity index (χ0) is 15.0. The number of nitriles is 1. The summed E-state index contributed by atoms with van der Waals surface area (Å²) in [5.41, 5.74) is 0.0214. The molecule has 3 rings (SSSR count). The third-order valence-corrected chi connectivity index (χ3v) is 5.52. The van der Waals surface area contributed by atoms with Crippen molar-refractivity contribution in [1.29, 1.82) is 5.26 Å². The van der Waals surface area contributed by atoms with E-state index in [2.05, 4.69) is 4.72 Å². The highest BCUT2D eigenvalue weighted by molar-refractivity contribution is 7.89. The number of ether oxygens (including phenoxy) is 2. The fourth-order valence-corrected chi connectivity index (χ4v) is 4.24. The molecule has 0 radical (unpaired) electrons. The molecule has 0 saturated carbocycles. The minimum Gasteiger partial charge on any atom is -0.378 e. The SMILES string of the molecule is N#Cc1cc(Cl)ccc1S(=O)(=O)N[C@@H]1CO[C@H]2COC[C@H]21. The third-order valence-electron chi connectivity index (χ3n) is 3.73. The molecule has 21 heavy (non-hydrogen) atoms. The minimum atomic E-state index is -3.81. The third kappa shape index (κ3) is 2.78. The number of benzene rings is 1. The van der Waals surface area contributed by atoms with Crippen molar-refractivity contribution < 1.29 is 17.9 Å². The van der Waals surface area contributed by atoms with Crippen molar-refractivity contribution in [1.82, 2.24) is 4.72 Å². The van der Waals surface area contributed by atoms with Crippen LogP contribution >= 0.6 is 11.6 Å². The predicted octanol–water partition coefficient (Wildman–Crippen LogP) is 0.904. The van der Waals surface area contributed by atoms with Gasteiger partial charge in [0.25, 0.3) is 0 Å². The number of nitrogens with zero attached hydrogens (tertiary/aromatic N) is 1. The van der Waals surface area contributed by atoms with Crippen LogP contribution in [-0.4, -0.2) is 40.4 Å². The first kappa shape index (κ1) is 14.8. The Morgan fingerprint density at radius 3 is 2.90 bits per heavy atom. The maximum Gasteiger partial charge on any atom is 0.242 e. The summed E-state index contributed by atoms with van der Waals surface area (Å²) in [6.45, 7) is 1.28. The summed E-state index contributed by atoms with van der Waals surface area (Å²) in [5, 5.41) is 9.39. The smallest absolute Gasteiger partial charge is 0.242 e. The van der Waals surface area contributed by atoms with Crippen molar-refractivity contribution in [3.05, 3.63) is 28.8 Å². The van der Waals surface area contributed by atoms with Crippen molar-refractivity contribution in [2.75, 3.05) is 19.8 Å². The van der Waals surface area contributed by atoms with E-state index >= 15 is 0 Å². The summed E-state index contributed by atoms with van der Waals surface area (Å²) < 4.78 is 38.3. The molecule has 112 valence electrons. The molecular formula is C13H13ClN2O4S. The zero-order valence-corrected chi connectivity index (χ0v) is 12.5. The largest absolute Gasteiger partial charge is 0.378 e. The molecule has 2 fully saturated rings. The lowest BCUT2D eigenvalue weighted by Crippen LogP contribution is -2.41. The maximum atomic E-state index is 12.5. The molecule has 0 aromatic heterocycles. The summed E-state index contributed by atoms with van der Waals surface area (Å²) in [4.78, 5) is -0.0724. The van der Waals surface area contributed by atoms with Crippen LogP contribution in [0.2, 0.25) is 5.02 Å². The van der Waals surface area contributed by atoms with Crippen LogP contribution < -0.4 is 4.72 Å². The topological polar surface area (TPSA) is 88.4 Å². The fraction of sp³-hybridized carbons (Fsp3) is 0.462. The van der Waals surface area contributed by atoms with E-state index in [0.29, 0.717) is 24.8 Å². The second-order valence-corrected chi connectivity index (χ2v) is 7.17. The molecule has 1 N–H and O–H groups in total. The first-order valence-electron chi connectivity index (χ1n) is 6.42. The van der Waals surface area contributed by atoms with E-state index < -0.39 is 10.0 Å². The van der Waals surface area contributed by atoms with Crippen LogP contribution in [0.5, 0.6) is 0 Å². The second-order valence-electron chi connectivity index (χ2n) is 5.05. The molecule has 2 aliphatic rings. The highest BCUT2D eigenvalue weighted by Crippen LogP contribution is 2.29. The summed E-state index contributed by atoms with van der Waals surface area (Å²) in [6.07, 6.45) is -0.0571. The normalized spacial score (nSPS) is 28.3. The van der Waals surface area contributed by atoms with Crippen molar-refractivity contribution in [3.8, 4) is 6.07 Å². The molecule has 1 aromatic carbocycles. The maximum absolute atomic E-state index is 12.5.